The molecule has 1 amide bonds. The maximum Gasteiger partial charge on any atom is 0.270 e. The first-order valence-electron chi connectivity index (χ1n) is 8.67. The minimum atomic E-state index is -0.328. The third-order valence-corrected chi connectivity index (χ3v) is 4.38. The van der Waals surface area contributed by atoms with Crippen LogP contribution in [0, 0.1) is 6.92 Å². The average Bonchev–Trinajstić information content (AvgIpc) is 2.67. The molecule has 0 fully saturated rings. The minimum Gasteiger partial charge on any atom is -0.347 e. The largest absolute Gasteiger partial charge is 0.347 e. The summed E-state index contributed by atoms with van der Waals surface area (Å²) in [4.78, 5) is 32.6. The maximum atomic E-state index is 12.5. The van der Waals surface area contributed by atoms with Crippen molar-refractivity contribution >= 4 is 34.8 Å². The van der Waals surface area contributed by atoms with E-state index in [9.17, 15) is 9.59 Å². The molecule has 0 radical (unpaired) electrons. The van der Waals surface area contributed by atoms with Crippen molar-refractivity contribution in [1.29, 1.82) is 0 Å². The molecule has 0 aliphatic rings. The van der Waals surface area contributed by atoms with E-state index in [1.165, 1.54) is 6.92 Å². The number of amides is 1. The molecule has 2 aromatic carbocycles. The number of anilines is 2. The number of rotatable bonds is 6. The van der Waals surface area contributed by atoms with Gasteiger partial charge in [0.1, 0.15) is 17.3 Å². The van der Waals surface area contributed by atoms with Gasteiger partial charge in [0.15, 0.2) is 5.78 Å². The lowest BCUT2D eigenvalue weighted by molar-refractivity contribution is 0.0944. The third kappa shape index (κ3) is 4.92. The van der Waals surface area contributed by atoms with Crippen LogP contribution < -0.4 is 10.6 Å². The lowest BCUT2D eigenvalue weighted by atomic mass is 10.1. The van der Waals surface area contributed by atoms with Crippen LogP contribution >= 0.6 is 11.6 Å². The molecule has 0 saturated carbocycles. The molecule has 1 heterocycles. The highest BCUT2D eigenvalue weighted by Gasteiger charge is 2.12. The van der Waals surface area contributed by atoms with Gasteiger partial charge in [0.05, 0.1) is 0 Å². The molecule has 0 aliphatic carbocycles. The molecule has 7 heteroatoms. The van der Waals surface area contributed by atoms with Crippen molar-refractivity contribution in [2.75, 3.05) is 5.32 Å². The lowest BCUT2D eigenvalue weighted by Gasteiger charge is -2.10. The lowest BCUT2D eigenvalue weighted by Crippen LogP contribution is -2.24. The van der Waals surface area contributed by atoms with Crippen molar-refractivity contribution in [3.8, 4) is 0 Å². The van der Waals surface area contributed by atoms with Crippen LogP contribution in [-0.2, 0) is 6.54 Å². The zero-order chi connectivity index (χ0) is 20.1. The number of nitrogens with zero attached hydrogens (tertiary/aromatic N) is 2. The minimum absolute atomic E-state index is 0.0258. The number of benzene rings is 2. The first kappa shape index (κ1) is 19.5. The molecule has 0 unspecified atom stereocenters. The van der Waals surface area contributed by atoms with Crippen LogP contribution in [0.5, 0.6) is 0 Å². The van der Waals surface area contributed by atoms with Gasteiger partial charge in [-0.25, -0.2) is 9.97 Å². The molecule has 0 saturated heterocycles. The van der Waals surface area contributed by atoms with Crippen LogP contribution in [0.3, 0.4) is 0 Å². The van der Waals surface area contributed by atoms with E-state index in [4.69, 9.17) is 11.6 Å². The molecular weight excluding hydrogens is 376 g/mol. The topological polar surface area (TPSA) is 84.0 Å². The van der Waals surface area contributed by atoms with Gasteiger partial charge in [0.2, 0.25) is 0 Å². The SMILES string of the molecule is CC(=O)c1cccc(Nc2cc(C(=O)NCc3ccccc3Cl)nc(C)n2)c1. The molecule has 0 atom stereocenters. The Balaban J connectivity index is 1.75. The van der Waals surface area contributed by atoms with Gasteiger partial charge in [-0.05, 0) is 37.6 Å². The highest BCUT2D eigenvalue weighted by Crippen LogP contribution is 2.18. The fourth-order valence-corrected chi connectivity index (χ4v) is 2.82. The van der Waals surface area contributed by atoms with Gasteiger partial charge < -0.3 is 10.6 Å². The van der Waals surface area contributed by atoms with Crippen LogP contribution in [0.15, 0.2) is 54.6 Å². The second-order valence-corrected chi connectivity index (χ2v) is 6.63. The van der Waals surface area contributed by atoms with Crippen molar-refractivity contribution in [2.24, 2.45) is 0 Å². The molecule has 0 spiro atoms. The summed E-state index contributed by atoms with van der Waals surface area (Å²) < 4.78 is 0. The van der Waals surface area contributed by atoms with E-state index < -0.39 is 0 Å². The normalized spacial score (nSPS) is 10.4. The Kier molecular flexibility index (Phi) is 6.01. The second kappa shape index (κ2) is 8.63. The number of halogens is 1. The summed E-state index contributed by atoms with van der Waals surface area (Å²) in [6, 6.07) is 16.0. The van der Waals surface area contributed by atoms with Gasteiger partial charge >= 0.3 is 0 Å². The fraction of sp³-hybridized carbons (Fsp3) is 0.143. The Bertz CT molecular complexity index is 1040. The van der Waals surface area contributed by atoms with E-state index in [1.807, 2.05) is 24.3 Å². The summed E-state index contributed by atoms with van der Waals surface area (Å²) in [5.74, 6) is 0.569. The van der Waals surface area contributed by atoms with Gasteiger partial charge in [0.25, 0.3) is 5.91 Å². The summed E-state index contributed by atoms with van der Waals surface area (Å²) in [6.45, 7) is 3.52. The maximum absolute atomic E-state index is 12.5. The molecule has 2 N–H and O–H groups in total. The van der Waals surface area contributed by atoms with Gasteiger partial charge in [-0.2, -0.15) is 0 Å². The molecule has 3 aromatic rings. The van der Waals surface area contributed by atoms with E-state index in [1.54, 1.807) is 37.3 Å². The van der Waals surface area contributed by atoms with Crippen LogP contribution in [0.4, 0.5) is 11.5 Å². The van der Waals surface area contributed by atoms with E-state index in [0.29, 0.717) is 34.5 Å². The van der Waals surface area contributed by atoms with Gasteiger partial charge in [-0.1, -0.05) is 41.9 Å². The summed E-state index contributed by atoms with van der Waals surface area (Å²) in [7, 11) is 0. The molecule has 28 heavy (non-hydrogen) atoms. The average molecular weight is 395 g/mol. The van der Waals surface area contributed by atoms with Crippen molar-refractivity contribution in [1.82, 2.24) is 15.3 Å². The van der Waals surface area contributed by atoms with Crippen LogP contribution in [-0.4, -0.2) is 21.7 Å². The summed E-state index contributed by atoms with van der Waals surface area (Å²) >= 11 is 6.12. The Morgan fingerprint density at radius 1 is 1.04 bits per heavy atom. The number of hydrogen-bond donors (Lipinski definition) is 2. The zero-order valence-corrected chi connectivity index (χ0v) is 16.2. The second-order valence-electron chi connectivity index (χ2n) is 6.22. The smallest absolute Gasteiger partial charge is 0.270 e. The number of ketones is 1. The van der Waals surface area contributed by atoms with Crippen molar-refractivity contribution in [2.45, 2.75) is 20.4 Å². The number of carbonyl (C=O) groups excluding carboxylic acids is 2. The van der Waals surface area contributed by atoms with Crippen molar-refractivity contribution in [3.05, 3.63) is 82.3 Å². The van der Waals surface area contributed by atoms with Gasteiger partial charge in [0, 0.05) is 28.9 Å². The molecular formula is C21H19ClN4O2. The number of nitrogens with one attached hydrogen (secondary N) is 2. The third-order valence-electron chi connectivity index (χ3n) is 4.01. The first-order chi connectivity index (χ1) is 13.4. The summed E-state index contributed by atoms with van der Waals surface area (Å²) in [5.41, 5.74) is 2.36. The highest BCUT2D eigenvalue weighted by molar-refractivity contribution is 6.31. The standard InChI is InChI=1S/C21H19ClN4O2/c1-13(27)15-7-5-8-17(10-15)26-20-11-19(24-14(2)25-20)21(28)23-12-16-6-3-4-9-18(16)22/h3-11H,12H2,1-2H3,(H,23,28)(H,24,25,26). The molecule has 1 aromatic heterocycles. The van der Waals surface area contributed by atoms with Crippen LogP contribution in [0.25, 0.3) is 0 Å². The number of hydrogen-bond acceptors (Lipinski definition) is 5. The monoisotopic (exact) mass is 394 g/mol. The quantitative estimate of drug-likeness (QED) is 0.608. The van der Waals surface area contributed by atoms with E-state index in [2.05, 4.69) is 20.6 Å². The van der Waals surface area contributed by atoms with Crippen LogP contribution in [0.2, 0.25) is 5.02 Å². The van der Waals surface area contributed by atoms with E-state index >= 15 is 0 Å². The predicted octanol–water partition coefficient (Wildman–Crippen LogP) is 4.31. The summed E-state index contributed by atoms with van der Waals surface area (Å²) in [5, 5.41) is 6.52. The Labute approximate surface area is 168 Å². The molecule has 0 bridgehead atoms. The Morgan fingerprint density at radius 2 is 1.82 bits per heavy atom. The highest BCUT2D eigenvalue weighted by atomic mass is 35.5. The van der Waals surface area contributed by atoms with E-state index in [-0.39, 0.29) is 17.4 Å². The number of aryl methyl sites for hydroxylation is 1. The van der Waals surface area contributed by atoms with Gasteiger partial charge in [-0.3, -0.25) is 9.59 Å². The predicted molar refractivity (Wildman–Crippen MR) is 109 cm³/mol. The molecule has 3 rings (SSSR count). The summed E-state index contributed by atoms with van der Waals surface area (Å²) in [6.07, 6.45) is 0. The fourth-order valence-electron chi connectivity index (χ4n) is 2.62. The van der Waals surface area contributed by atoms with Gasteiger partial charge in [-0.15, -0.1) is 0 Å². The molecule has 142 valence electrons. The van der Waals surface area contributed by atoms with Crippen molar-refractivity contribution in [3.63, 3.8) is 0 Å². The molecule has 0 aliphatic heterocycles. The molecule has 6 nitrogen and oxygen atoms in total. The number of carbonyl (C=O) groups is 2. The number of Topliss-reactive ketones (excluding diaryl/α,β-unsaturated/α-hetero) is 1. The van der Waals surface area contributed by atoms with Crippen molar-refractivity contribution < 1.29 is 9.59 Å². The van der Waals surface area contributed by atoms with E-state index in [0.717, 1.165) is 5.56 Å². The first-order valence-corrected chi connectivity index (χ1v) is 9.05. The number of aromatic nitrogens is 2. The Hall–Kier alpha value is -3.25. The van der Waals surface area contributed by atoms with Crippen LogP contribution in [0.1, 0.15) is 39.2 Å². The zero-order valence-electron chi connectivity index (χ0n) is 15.5. The Morgan fingerprint density at radius 3 is 2.57 bits per heavy atom.